The van der Waals surface area contributed by atoms with Crippen LogP contribution < -0.4 is 5.32 Å². The number of hydrogen-bond donors (Lipinski definition) is 1. The van der Waals surface area contributed by atoms with Gasteiger partial charge in [-0.3, -0.25) is 4.79 Å². The quantitative estimate of drug-likeness (QED) is 0.805. The van der Waals surface area contributed by atoms with E-state index >= 15 is 0 Å². The molecule has 0 fully saturated rings. The Morgan fingerprint density at radius 3 is 2.88 bits per heavy atom. The van der Waals surface area contributed by atoms with Crippen molar-refractivity contribution in [1.82, 2.24) is 15.0 Å². The lowest BCUT2D eigenvalue weighted by atomic mass is 10.3. The third-order valence-electron chi connectivity index (χ3n) is 1.83. The second-order valence-electron chi connectivity index (χ2n) is 2.95. The van der Waals surface area contributed by atoms with Crippen LogP contribution in [0.3, 0.4) is 0 Å². The lowest BCUT2D eigenvalue weighted by molar-refractivity contribution is 0.0995. The molecule has 0 aliphatic carbocycles. The normalized spacial score (nSPS) is 10.1. The van der Waals surface area contributed by atoms with Gasteiger partial charge in [0.25, 0.3) is 5.91 Å². The molecule has 1 amide bonds. The molecule has 2 rings (SSSR count). The molecule has 7 heteroatoms. The van der Waals surface area contributed by atoms with Crippen molar-refractivity contribution in [2.75, 3.05) is 5.32 Å². The molecule has 0 unspecified atom stereocenters. The number of aromatic nitrogens is 3. The summed E-state index contributed by atoms with van der Waals surface area (Å²) in [5.74, 6) is 0.0281. The van der Waals surface area contributed by atoms with Gasteiger partial charge in [-0.1, -0.05) is 11.6 Å². The second kappa shape index (κ2) is 4.28. The SMILES string of the molecule is Cc1ncoc1C(=O)Nc1cc(Cl)ncn1. The van der Waals surface area contributed by atoms with Gasteiger partial charge in [-0.05, 0) is 6.92 Å². The van der Waals surface area contributed by atoms with Crippen LogP contribution in [0.1, 0.15) is 16.2 Å². The van der Waals surface area contributed by atoms with Gasteiger partial charge in [0.1, 0.15) is 17.3 Å². The van der Waals surface area contributed by atoms with Crippen LogP contribution in [0.25, 0.3) is 0 Å². The zero-order valence-corrected chi connectivity index (χ0v) is 9.02. The summed E-state index contributed by atoms with van der Waals surface area (Å²) in [7, 11) is 0. The molecule has 0 saturated carbocycles. The Balaban J connectivity index is 2.17. The topological polar surface area (TPSA) is 80.9 Å². The molecule has 0 aliphatic rings. The van der Waals surface area contributed by atoms with Crippen LogP contribution in [0.4, 0.5) is 5.82 Å². The zero-order chi connectivity index (χ0) is 11.5. The second-order valence-corrected chi connectivity index (χ2v) is 3.33. The molecule has 0 atom stereocenters. The van der Waals surface area contributed by atoms with E-state index in [1.807, 2.05) is 0 Å². The van der Waals surface area contributed by atoms with Crippen molar-refractivity contribution in [1.29, 1.82) is 0 Å². The lowest BCUT2D eigenvalue weighted by Crippen LogP contribution is -2.13. The number of nitrogens with one attached hydrogen (secondary N) is 1. The zero-order valence-electron chi connectivity index (χ0n) is 8.27. The number of nitrogens with zero attached hydrogens (tertiary/aromatic N) is 3. The summed E-state index contributed by atoms with van der Waals surface area (Å²) >= 11 is 5.65. The van der Waals surface area contributed by atoms with Gasteiger partial charge in [-0.25, -0.2) is 15.0 Å². The Bertz CT molecular complexity index is 526. The molecule has 0 aromatic carbocycles. The van der Waals surface area contributed by atoms with Gasteiger partial charge in [0.2, 0.25) is 5.76 Å². The number of oxazole rings is 1. The van der Waals surface area contributed by atoms with Gasteiger partial charge in [0.05, 0.1) is 5.69 Å². The third-order valence-corrected chi connectivity index (χ3v) is 2.03. The lowest BCUT2D eigenvalue weighted by Gasteiger charge is -2.01. The third kappa shape index (κ3) is 2.17. The molecule has 2 heterocycles. The molecule has 0 radical (unpaired) electrons. The molecule has 82 valence electrons. The van der Waals surface area contributed by atoms with Gasteiger partial charge in [-0.2, -0.15) is 0 Å². The minimum Gasteiger partial charge on any atom is -0.438 e. The van der Waals surface area contributed by atoms with Gasteiger partial charge < -0.3 is 9.73 Å². The highest BCUT2D eigenvalue weighted by Gasteiger charge is 2.14. The minimum atomic E-state index is -0.426. The Labute approximate surface area is 95.7 Å². The van der Waals surface area contributed by atoms with Crippen molar-refractivity contribution < 1.29 is 9.21 Å². The van der Waals surface area contributed by atoms with E-state index in [1.54, 1.807) is 6.92 Å². The number of carbonyl (C=O) groups excluding carboxylic acids is 1. The number of rotatable bonds is 2. The van der Waals surface area contributed by atoms with Crippen molar-refractivity contribution in [3.63, 3.8) is 0 Å². The summed E-state index contributed by atoms with van der Waals surface area (Å²) < 4.78 is 4.93. The predicted molar refractivity (Wildman–Crippen MR) is 56.2 cm³/mol. The first-order chi connectivity index (χ1) is 7.66. The summed E-state index contributed by atoms with van der Waals surface area (Å²) in [6, 6.07) is 1.44. The number of aryl methyl sites for hydroxylation is 1. The fourth-order valence-electron chi connectivity index (χ4n) is 1.09. The van der Waals surface area contributed by atoms with E-state index in [-0.39, 0.29) is 10.9 Å². The van der Waals surface area contributed by atoms with E-state index in [0.29, 0.717) is 11.5 Å². The maximum atomic E-state index is 11.7. The molecule has 0 bridgehead atoms. The Morgan fingerprint density at radius 1 is 1.44 bits per heavy atom. The standard InChI is InChI=1S/C9H7ClN4O2/c1-5-8(16-4-13-5)9(15)14-7-2-6(10)11-3-12-7/h2-4H,1H3,(H,11,12,14,15). The van der Waals surface area contributed by atoms with Crippen molar-refractivity contribution >= 4 is 23.3 Å². The Morgan fingerprint density at radius 2 is 2.25 bits per heavy atom. The summed E-state index contributed by atoms with van der Waals surface area (Å²) in [4.78, 5) is 23.0. The van der Waals surface area contributed by atoms with E-state index in [0.717, 1.165) is 0 Å². The highest BCUT2D eigenvalue weighted by molar-refractivity contribution is 6.29. The van der Waals surface area contributed by atoms with Gasteiger partial charge in [0.15, 0.2) is 6.39 Å². The molecule has 0 spiro atoms. The van der Waals surface area contributed by atoms with Gasteiger partial charge in [0, 0.05) is 6.07 Å². The van der Waals surface area contributed by atoms with Crippen LogP contribution in [0, 0.1) is 6.92 Å². The summed E-state index contributed by atoms with van der Waals surface area (Å²) in [6.07, 6.45) is 2.46. The average Bonchev–Trinajstić information content (AvgIpc) is 2.64. The first-order valence-corrected chi connectivity index (χ1v) is 4.73. The molecule has 0 aliphatic heterocycles. The molecule has 6 nitrogen and oxygen atoms in total. The van der Waals surface area contributed by atoms with Crippen molar-refractivity contribution in [2.24, 2.45) is 0 Å². The van der Waals surface area contributed by atoms with Crippen LogP contribution in [-0.2, 0) is 0 Å². The number of anilines is 1. The molecule has 1 N–H and O–H groups in total. The molecule has 0 saturated heterocycles. The van der Waals surface area contributed by atoms with Crippen LogP contribution >= 0.6 is 11.6 Å². The summed E-state index contributed by atoms with van der Waals surface area (Å²) in [5.41, 5.74) is 0.512. The molecular weight excluding hydrogens is 232 g/mol. The van der Waals surface area contributed by atoms with Crippen LogP contribution in [0.5, 0.6) is 0 Å². The largest absolute Gasteiger partial charge is 0.438 e. The van der Waals surface area contributed by atoms with Crippen molar-refractivity contribution in [3.8, 4) is 0 Å². The van der Waals surface area contributed by atoms with E-state index < -0.39 is 5.91 Å². The fraction of sp³-hybridized carbons (Fsp3) is 0.111. The van der Waals surface area contributed by atoms with Crippen LogP contribution in [0.2, 0.25) is 5.15 Å². The van der Waals surface area contributed by atoms with Crippen molar-refractivity contribution in [3.05, 3.63) is 35.4 Å². The highest BCUT2D eigenvalue weighted by Crippen LogP contribution is 2.11. The minimum absolute atomic E-state index is 0.148. The van der Waals surface area contributed by atoms with E-state index in [1.165, 1.54) is 18.8 Å². The van der Waals surface area contributed by atoms with Crippen LogP contribution in [0.15, 0.2) is 23.2 Å². The monoisotopic (exact) mass is 238 g/mol. The Hall–Kier alpha value is -1.95. The first kappa shape index (κ1) is 10.6. The maximum Gasteiger partial charge on any atom is 0.294 e. The Kier molecular flexibility index (Phi) is 2.82. The van der Waals surface area contributed by atoms with E-state index in [9.17, 15) is 4.79 Å². The number of carbonyl (C=O) groups is 1. The number of hydrogen-bond acceptors (Lipinski definition) is 5. The van der Waals surface area contributed by atoms with Gasteiger partial charge in [-0.15, -0.1) is 0 Å². The highest BCUT2D eigenvalue weighted by atomic mass is 35.5. The van der Waals surface area contributed by atoms with E-state index in [4.69, 9.17) is 16.0 Å². The number of amides is 1. The summed E-state index contributed by atoms with van der Waals surface area (Å²) in [6.45, 7) is 1.67. The average molecular weight is 239 g/mol. The smallest absolute Gasteiger partial charge is 0.294 e. The molecule has 16 heavy (non-hydrogen) atoms. The number of halogens is 1. The van der Waals surface area contributed by atoms with Crippen molar-refractivity contribution in [2.45, 2.75) is 6.92 Å². The maximum absolute atomic E-state index is 11.7. The molecule has 2 aromatic rings. The van der Waals surface area contributed by atoms with E-state index in [2.05, 4.69) is 20.3 Å². The molecular formula is C9H7ClN4O2. The fourth-order valence-corrected chi connectivity index (χ4v) is 1.24. The van der Waals surface area contributed by atoms with Gasteiger partial charge >= 0.3 is 0 Å². The van der Waals surface area contributed by atoms with Crippen LogP contribution in [-0.4, -0.2) is 20.9 Å². The molecule has 2 aromatic heterocycles. The predicted octanol–water partition coefficient (Wildman–Crippen LogP) is 1.68. The summed E-state index contributed by atoms with van der Waals surface area (Å²) in [5, 5.41) is 2.77. The first-order valence-electron chi connectivity index (χ1n) is 4.36.